The molecule has 2 aliphatic rings. The summed E-state index contributed by atoms with van der Waals surface area (Å²) in [5, 5.41) is 0. The standard InChI is InChI=1S/C27H31FN2O5/c1-34-15-7-13-30-25(32)17-27(26(30)33,21-9-4-6-11-23(21)35-2)16-24(31)29-14-12-19(18-29)20-8-3-5-10-22(20)28/h3-6,8-11,19H,7,12-18H2,1-2H3/t19-,27+/m0/s1. The van der Waals surface area contributed by atoms with Crippen LogP contribution in [0.1, 0.15) is 42.7 Å². The molecule has 3 amide bonds. The van der Waals surface area contributed by atoms with Crippen molar-refractivity contribution >= 4 is 17.7 Å². The van der Waals surface area contributed by atoms with Crippen LogP contribution in [0.15, 0.2) is 48.5 Å². The molecule has 0 spiro atoms. The molecule has 0 aromatic heterocycles. The SMILES string of the molecule is COCCCN1C(=O)C[C@](CC(=O)N2CC[C@H](c3ccccc3F)C2)(c2ccccc2OC)C1=O. The summed E-state index contributed by atoms with van der Waals surface area (Å²) in [5.41, 5.74) is -0.212. The van der Waals surface area contributed by atoms with Crippen LogP contribution in [0.4, 0.5) is 4.39 Å². The van der Waals surface area contributed by atoms with Gasteiger partial charge in [0.1, 0.15) is 11.6 Å². The number of nitrogens with zero attached hydrogens (tertiary/aromatic N) is 2. The largest absolute Gasteiger partial charge is 0.496 e. The Bertz CT molecular complexity index is 1110. The van der Waals surface area contributed by atoms with Crippen LogP contribution in [0, 0.1) is 5.82 Å². The number of carbonyl (C=O) groups is 3. The molecule has 2 aromatic carbocycles. The van der Waals surface area contributed by atoms with E-state index < -0.39 is 5.41 Å². The van der Waals surface area contributed by atoms with E-state index in [4.69, 9.17) is 9.47 Å². The molecule has 0 unspecified atom stereocenters. The Labute approximate surface area is 204 Å². The summed E-state index contributed by atoms with van der Waals surface area (Å²) in [7, 11) is 3.07. The Kier molecular flexibility index (Phi) is 7.50. The second-order valence-electron chi connectivity index (χ2n) is 9.18. The van der Waals surface area contributed by atoms with Crippen LogP contribution in [-0.4, -0.2) is 68.0 Å². The Morgan fingerprint density at radius 3 is 2.60 bits per heavy atom. The van der Waals surface area contributed by atoms with Crippen molar-refractivity contribution < 1.29 is 28.2 Å². The third-order valence-corrected chi connectivity index (χ3v) is 7.10. The highest BCUT2D eigenvalue weighted by Gasteiger charge is 2.55. The second kappa shape index (κ2) is 10.6. The molecule has 2 heterocycles. The summed E-state index contributed by atoms with van der Waals surface area (Å²) in [6.07, 6.45) is 0.906. The zero-order chi connectivity index (χ0) is 25.0. The first-order chi connectivity index (χ1) is 16.9. The third-order valence-electron chi connectivity index (χ3n) is 7.10. The van der Waals surface area contributed by atoms with Gasteiger partial charge in [0.25, 0.3) is 0 Å². The molecule has 35 heavy (non-hydrogen) atoms. The summed E-state index contributed by atoms with van der Waals surface area (Å²) in [4.78, 5) is 43.2. The molecule has 0 aliphatic carbocycles. The van der Waals surface area contributed by atoms with E-state index in [1.54, 1.807) is 54.5 Å². The zero-order valence-electron chi connectivity index (χ0n) is 20.2. The van der Waals surface area contributed by atoms with Crippen molar-refractivity contribution in [2.75, 3.05) is 40.5 Å². The monoisotopic (exact) mass is 482 g/mol. The van der Waals surface area contributed by atoms with E-state index in [-0.39, 0.29) is 48.8 Å². The van der Waals surface area contributed by atoms with E-state index in [0.717, 1.165) is 0 Å². The maximum Gasteiger partial charge on any atom is 0.241 e. The van der Waals surface area contributed by atoms with Gasteiger partial charge in [0.05, 0.1) is 12.5 Å². The van der Waals surface area contributed by atoms with Gasteiger partial charge in [-0.1, -0.05) is 36.4 Å². The van der Waals surface area contributed by atoms with E-state index in [0.29, 0.717) is 49.4 Å². The molecule has 0 radical (unpaired) electrons. The molecule has 8 heteroatoms. The van der Waals surface area contributed by atoms with Gasteiger partial charge in [0.15, 0.2) is 0 Å². The first-order valence-electron chi connectivity index (χ1n) is 11.9. The summed E-state index contributed by atoms with van der Waals surface area (Å²) >= 11 is 0. The molecule has 4 rings (SSSR count). The minimum Gasteiger partial charge on any atom is -0.496 e. The van der Waals surface area contributed by atoms with Crippen molar-refractivity contribution in [1.82, 2.24) is 9.80 Å². The molecule has 2 atom stereocenters. The normalized spacial score (nSPS) is 22.2. The minimum absolute atomic E-state index is 0.102. The molecular formula is C27H31FN2O5. The first-order valence-corrected chi connectivity index (χ1v) is 11.9. The fourth-order valence-corrected chi connectivity index (χ4v) is 5.29. The second-order valence-corrected chi connectivity index (χ2v) is 9.18. The highest BCUT2D eigenvalue weighted by molar-refractivity contribution is 6.11. The van der Waals surface area contributed by atoms with Crippen LogP contribution in [-0.2, 0) is 24.5 Å². The molecule has 186 valence electrons. The molecule has 0 N–H and O–H groups in total. The number of halogens is 1. The van der Waals surface area contributed by atoms with E-state index in [1.807, 2.05) is 0 Å². The number of methoxy groups -OCH3 is 2. The quantitative estimate of drug-likeness (QED) is 0.405. The van der Waals surface area contributed by atoms with Gasteiger partial charge in [0.2, 0.25) is 17.7 Å². The Balaban J connectivity index is 1.61. The first kappa shape index (κ1) is 24.9. The van der Waals surface area contributed by atoms with Crippen LogP contribution in [0.3, 0.4) is 0 Å². The van der Waals surface area contributed by atoms with Gasteiger partial charge in [-0.25, -0.2) is 4.39 Å². The minimum atomic E-state index is -1.34. The van der Waals surface area contributed by atoms with Gasteiger partial charge >= 0.3 is 0 Å². The van der Waals surface area contributed by atoms with Gasteiger partial charge in [-0.15, -0.1) is 0 Å². The maximum absolute atomic E-state index is 14.3. The number of imide groups is 1. The third kappa shape index (κ3) is 4.80. The zero-order valence-corrected chi connectivity index (χ0v) is 20.2. The molecule has 0 saturated carbocycles. The van der Waals surface area contributed by atoms with Crippen molar-refractivity contribution in [3.05, 3.63) is 65.5 Å². The van der Waals surface area contributed by atoms with Crippen molar-refractivity contribution in [2.45, 2.75) is 37.0 Å². The molecule has 0 bridgehead atoms. The van der Waals surface area contributed by atoms with Crippen molar-refractivity contribution in [1.29, 1.82) is 0 Å². The van der Waals surface area contributed by atoms with Crippen LogP contribution in [0.2, 0.25) is 0 Å². The van der Waals surface area contributed by atoms with Gasteiger partial charge in [-0.3, -0.25) is 19.3 Å². The number of ether oxygens (including phenoxy) is 2. The molecular weight excluding hydrogens is 451 g/mol. The van der Waals surface area contributed by atoms with Crippen molar-refractivity contribution in [3.8, 4) is 5.75 Å². The summed E-state index contributed by atoms with van der Waals surface area (Å²) in [6, 6.07) is 13.7. The Morgan fingerprint density at radius 2 is 1.86 bits per heavy atom. The average Bonchev–Trinajstić information content (AvgIpc) is 3.44. The lowest BCUT2D eigenvalue weighted by Gasteiger charge is -2.30. The summed E-state index contributed by atoms with van der Waals surface area (Å²) in [5.74, 6) is -0.841. The molecule has 2 saturated heterocycles. The Morgan fingerprint density at radius 1 is 1.11 bits per heavy atom. The Hall–Kier alpha value is -3.26. The number of amides is 3. The fourth-order valence-electron chi connectivity index (χ4n) is 5.29. The van der Waals surface area contributed by atoms with Gasteiger partial charge in [0, 0.05) is 57.7 Å². The number of benzene rings is 2. The number of hydrogen-bond donors (Lipinski definition) is 0. The summed E-state index contributed by atoms with van der Waals surface area (Å²) in [6.45, 7) is 1.50. The van der Waals surface area contributed by atoms with Crippen molar-refractivity contribution in [2.24, 2.45) is 0 Å². The predicted molar refractivity (Wildman–Crippen MR) is 127 cm³/mol. The van der Waals surface area contributed by atoms with Gasteiger partial charge in [-0.05, 0) is 30.5 Å². The van der Waals surface area contributed by atoms with E-state index in [1.165, 1.54) is 18.1 Å². The lowest BCUT2D eigenvalue weighted by Crippen LogP contribution is -2.43. The van der Waals surface area contributed by atoms with Crippen LogP contribution in [0.25, 0.3) is 0 Å². The molecule has 7 nitrogen and oxygen atoms in total. The summed E-state index contributed by atoms with van der Waals surface area (Å²) < 4.78 is 24.9. The smallest absolute Gasteiger partial charge is 0.241 e. The number of hydrogen-bond acceptors (Lipinski definition) is 5. The lowest BCUT2D eigenvalue weighted by atomic mass is 9.75. The number of carbonyl (C=O) groups excluding carboxylic acids is 3. The molecule has 2 fully saturated rings. The predicted octanol–water partition coefficient (Wildman–Crippen LogP) is 3.27. The topological polar surface area (TPSA) is 76.2 Å². The number of likely N-dealkylation sites (tertiary alicyclic amines) is 2. The van der Waals surface area contributed by atoms with Gasteiger partial charge in [-0.2, -0.15) is 0 Å². The van der Waals surface area contributed by atoms with E-state index >= 15 is 0 Å². The van der Waals surface area contributed by atoms with Gasteiger partial charge < -0.3 is 14.4 Å². The van der Waals surface area contributed by atoms with E-state index in [9.17, 15) is 18.8 Å². The average molecular weight is 483 g/mol. The van der Waals surface area contributed by atoms with E-state index in [2.05, 4.69) is 0 Å². The fraction of sp³-hybridized carbons (Fsp3) is 0.444. The van der Waals surface area contributed by atoms with Crippen LogP contribution >= 0.6 is 0 Å². The highest BCUT2D eigenvalue weighted by Crippen LogP contribution is 2.44. The van der Waals surface area contributed by atoms with Crippen molar-refractivity contribution in [3.63, 3.8) is 0 Å². The van der Waals surface area contributed by atoms with Crippen LogP contribution < -0.4 is 4.74 Å². The number of para-hydroxylation sites is 1. The molecule has 2 aromatic rings. The molecule has 2 aliphatic heterocycles. The highest BCUT2D eigenvalue weighted by atomic mass is 19.1. The van der Waals surface area contributed by atoms with Crippen LogP contribution in [0.5, 0.6) is 5.75 Å². The lowest BCUT2D eigenvalue weighted by molar-refractivity contribution is -0.142. The maximum atomic E-state index is 14.3. The number of rotatable bonds is 9.